The van der Waals surface area contributed by atoms with Crippen molar-refractivity contribution in [3.63, 3.8) is 0 Å². The molecule has 15 heteroatoms. The van der Waals surface area contributed by atoms with Crippen LogP contribution in [-0.4, -0.2) is 69.3 Å². The highest BCUT2D eigenvalue weighted by Crippen LogP contribution is 2.40. The van der Waals surface area contributed by atoms with Crippen LogP contribution in [0, 0.1) is 0 Å². The van der Waals surface area contributed by atoms with Crippen molar-refractivity contribution in [2.24, 2.45) is 5.11 Å². The van der Waals surface area contributed by atoms with Crippen LogP contribution in [0.15, 0.2) is 34.7 Å². The summed E-state index contributed by atoms with van der Waals surface area (Å²) in [6.45, 7) is 3.23. The Hall–Kier alpha value is -3.32. The van der Waals surface area contributed by atoms with Crippen molar-refractivity contribution in [1.29, 1.82) is 0 Å². The van der Waals surface area contributed by atoms with Gasteiger partial charge in [-0.1, -0.05) is 28.5 Å². The molecule has 0 aromatic carbocycles. The largest absolute Gasteiger partial charge is 0.463 e. The van der Waals surface area contributed by atoms with Gasteiger partial charge < -0.3 is 23.9 Å². The van der Waals surface area contributed by atoms with Crippen LogP contribution >= 0.6 is 23.4 Å². The number of hydrogen-bond acceptors (Lipinski definition) is 11. The number of H-pyrrole nitrogens is 1. The Morgan fingerprint density at radius 1 is 1.20 bits per heavy atom. The van der Waals surface area contributed by atoms with Crippen molar-refractivity contribution < 1.29 is 33.3 Å². The van der Waals surface area contributed by atoms with Gasteiger partial charge in [-0.25, -0.2) is 4.98 Å². The maximum atomic E-state index is 11.9. The smallest absolute Gasteiger partial charge is 0.303 e. The number of azide groups is 1. The van der Waals surface area contributed by atoms with Gasteiger partial charge in [0.1, 0.15) is 42.1 Å². The molecule has 1 aliphatic rings. The second-order valence-electron chi connectivity index (χ2n) is 7.25. The van der Waals surface area contributed by atoms with E-state index in [1.807, 2.05) is 0 Å². The molecule has 0 amide bonds. The van der Waals surface area contributed by atoms with Crippen LogP contribution in [0.5, 0.6) is 0 Å². The lowest BCUT2D eigenvalue weighted by molar-refractivity contribution is -0.201. The number of carbonyl (C=O) groups is 3. The summed E-state index contributed by atoms with van der Waals surface area (Å²) in [5, 5.41) is 4.07. The molecule has 0 radical (unpaired) electrons. The van der Waals surface area contributed by atoms with Crippen LogP contribution < -0.4 is 0 Å². The van der Waals surface area contributed by atoms with Gasteiger partial charge >= 0.3 is 17.9 Å². The van der Waals surface area contributed by atoms with E-state index in [1.54, 1.807) is 18.5 Å². The van der Waals surface area contributed by atoms with Crippen molar-refractivity contribution in [2.75, 3.05) is 6.61 Å². The minimum atomic E-state index is -1.20. The first kappa shape index (κ1) is 26.3. The second kappa shape index (κ2) is 11.9. The number of aromatic amines is 1. The van der Waals surface area contributed by atoms with Crippen LogP contribution in [0.2, 0.25) is 5.02 Å². The fraction of sp³-hybridized carbons (Fsp3) is 0.450. The molecule has 3 rings (SSSR count). The van der Waals surface area contributed by atoms with Crippen LogP contribution in [0.3, 0.4) is 0 Å². The molecule has 1 N–H and O–H groups in total. The maximum absolute atomic E-state index is 11.9. The molecule has 35 heavy (non-hydrogen) atoms. The molecular weight excluding hydrogens is 504 g/mol. The molecule has 0 spiro atoms. The van der Waals surface area contributed by atoms with E-state index in [-0.39, 0.29) is 6.61 Å². The van der Waals surface area contributed by atoms with Crippen molar-refractivity contribution in [1.82, 2.24) is 15.0 Å². The summed E-state index contributed by atoms with van der Waals surface area (Å²) in [6.07, 6.45) is 1.19. The number of esters is 3. The predicted molar refractivity (Wildman–Crippen MR) is 122 cm³/mol. The number of pyridine rings is 1. The molecule has 2 aromatic rings. The standard InChI is InChI=1S/C20H21ClN6O7S/c1-9(28)31-8-13-17(32-10(2)29)16(26-27-22)18(33-11(3)30)20(34-13)35-14-6-12(21)7-25-15(14)19-23-4-5-24-19/h4-7,13,16-18,20H,8H2,1-3H3,(H,23,24)/t13?,16?,17-,18?,20+/m0/s1. The van der Waals surface area contributed by atoms with E-state index < -0.39 is 47.7 Å². The van der Waals surface area contributed by atoms with Gasteiger partial charge in [0, 0.05) is 49.2 Å². The third-order valence-corrected chi connectivity index (χ3v) is 6.03. The summed E-state index contributed by atoms with van der Waals surface area (Å²) < 4.78 is 22.0. The highest BCUT2D eigenvalue weighted by atomic mass is 35.5. The number of thioether (sulfide) groups is 1. The number of aromatic nitrogens is 3. The third kappa shape index (κ3) is 6.85. The number of ether oxygens (including phenoxy) is 4. The zero-order valence-electron chi connectivity index (χ0n) is 18.8. The molecule has 0 bridgehead atoms. The second-order valence-corrected chi connectivity index (χ2v) is 8.82. The average Bonchev–Trinajstić information content (AvgIpc) is 3.30. The fourth-order valence-electron chi connectivity index (χ4n) is 3.38. The Balaban J connectivity index is 2.04. The van der Waals surface area contributed by atoms with Crippen molar-refractivity contribution in [3.8, 4) is 11.5 Å². The van der Waals surface area contributed by atoms with Crippen molar-refractivity contribution >= 4 is 41.3 Å². The molecule has 0 saturated carbocycles. The van der Waals surface area contributed by atoms with Gasteiger partial charge in [0.2, 0.25) is 0 Å². The molecule has 1 fully saturated rings. The Morgan fingerprint density at radius 3 is 2.51 bits per heavy atom. The average molecular weight is 525 g/mol. The van der Waals surface area contributed by atoms with E-state index in [2.05, 4.69) is 25.0 Å². The number of nitrogens with zero attached hydrogens (tertiary/aromatic N) is 5. The van der Waals surface area contributed by atoms with Crippen molar-refractivity contribution in [3.05, 3.63) is 40.1 Å². The van der Waals surface area contributed by atoms with E-state index in [0.29, 0.717) is 21.4 Å². The first-order valence-electron chi connectivity index (χ1n) is 10.2. The van der Waals surface area contributed by atoms with Crippen LogP contribution in [-0.2, 0) is 33.3 Å². The van der Waals surface area contributed by atoms with Gasteiger partial charge in [-0.05, 0) is 11.6 Å². The predicted octanol–water partition coefficient (Wildman–Crippen LogP) is 3.05. The Labute approximate surface area is 208 Å². The van der Waals surface area contributed by atoms with Gasteiger partial charge in [0.05, 0.1) is 5.02 Å². The van der Waals surface area contributed by atoms with Crippen LogP contribution in [0.4, 0.5) is 0 Å². The topological polar surface area (TPSA) is 178 Å². The summed E-state index contributed by atoms with van der Waals surface area (Å²) in [6, 6.07) is 0.423. The lowest BCUT2D eigenvalue weighted by atomic mass is 9.97. The Morgan fingerprint density at radius 2 is 1.91 bits per heavy atom. The Kier molecular flexibility index (Phi) is 8.93. The lowest BCUT2D eigenvalue weighted by Gasteiger charge is -2.43. The van der Waals surface area contributed by atoms with E-state index in [9.17, 15) is 19.9 Å². The fourth-order valence-corrected chi connectivity index (χ4v) is 4.85. The summed E-state index contributed by atoms with van der Waals surface area (Å²) in [4.78, 5) is 50.0. The van der Waals surface area contributed by atoms with Gasteiger partial charge in [-0.15, -0.1) is 0 Å². The molecule has 3 heterocycles. The van der Waals surface area contributed by atoms with Gasteiger partial charge in [0.15, 0.2) is 5.82 Å². The molecule has 3 unspecified atom stereocenters. The van der Waals surface area contributed by atoms with E-state index in [4.69, 9.17) is 30.5 Å². The number of halogens is 1. The quantitative estimate of drug-likeness (QED) is 0.177. The third-order valence-electron chi connectivity index (χ3n) is 4.64. The van der Waals surface area contributed by atoms with E-state index >= 15 is 0 Å². The first-order valence-corrected chi connectivity index (χ1v) is 11.4. The van der Waals surface area contributed by atoms with Gasteiger partial charge in [-0.2, -0.15) is 0 Å². The molecule has 0 aliphatic carbocycles. The molecule has 1 aliphatic heterocycles. The van der Waals surface area contributed by atoms with Crippen molar-refractivity contribution in [2.45, 2.75) is 55.5 Å². The van der Waals surface area contributed by atoms with Gasteiger partial charge in [-0.3, -0.25) is 19.4 Å². The molecule has 13 nitrogen and oxygen atoms in total. The molecule has 186 valence electrons. The molecule has 5 atom stereocenters. The van der Waals surface area contributed by atoms with E-state index in [1.165, 1.54) is 20.0 Å². The highest BCUT2D eigenvalue weighted by molar-refractivity contribution is 8.00. The van der Waals surface area contributed by atoms with E-state index in [0.717, 1.165) is 18.7 Å². The summed E-state index contributed by atoms with van der Waals surface area (Å²) in [5.74, 6) is -1.53. The minimum Gasteiger partial charge on any atom is -0.463 e. The number of imidazole rings is 1. The molecule has 1 saturated heterocycles. The maximum Gasteiger partial charge on any atom is 0.303 e. The van der Waals surface area contributed by atoms with Crippen LogP contribution in [0.1, 0.15) is 20.8 Å². The Bertz CT molecular complexity index is 1130. The SMILES string of the molecule is CC(=O)OCC1O[C@H](Sc2cc(Cl)cnc2-c2ncc[nH]2)C(OC(C)=O)C(N=[N+]=[N-])[C@H]1OC(C)=O. The summed E-state index contributed by atoms with van der Waals surface area (Å²) >= 11 is 7.25. The molecule has 2 aromatic heterocycles. The lowest BCUT2D eigenvalue weighted by Crippen LogP contribution is -2.59. The number of carbonyl (C=O) groups excluding carboxylic acids is 3. The number of rotatable bonds is 8. The summed E-state index contributed by atoms with van der Waals surface area (Å²) in [7, 11) is 0. The number of nitrogens with one attached hydrogen (secondary N) is 1. The van der Waals surface area contributed by atoms with Gasteiger partial charge in [0.25, 0.3) is 0 Å². The monoisotopic (exact) mass is 524 g/mol. The normalized spacial score (nSPS) is 23.6. The van der Waals surface area contributed by atoms with Crippen LogP contribution in [0.25, 0.3) is 22.0 Å². The zero-order valence-corrected chi connectivity index (χ0v) is 20.4. The summed E-state index contributed by atoms with van der Waals surface area (Å²) in [5.41, 5.74) is 8.65. The minimum absolute atomic E-state index is 0.312. The zero-order chi connectivity index (χ0) is 25.5. The first-order chi connectivity index (χ1) is 16.7. The molecular formula is C20H21ClN6O7S. The number of hydrogen-bond donors (Lipinski definition) is 1. The highest BCUT2D eigenvalue weighted by Gasteiger charge is 2.50.